The van der Waals surface area contributed by atoms with Crippen LogP contribution in [0.3, 0.4) is 0 Å². The predicted molar refractivity (Wildman–Crippen MR) is 82.7 cm³/mol. The number of ether oxygens (including phenoxy) is 3. The second kappa shape index (κ2) is 7.96. The second-order valence-corrected chi connectivity index (χ2v) is 5.74. The normalized spacial score (nSPS) is 14.4. The van der Waals surface area contributed by atoms with Crippen LogP contribution in [0, 0.1) is 11.7 Å². The molecule has 0 unspecified atom stereocenters. The number of fused-ring (bicyclic) bond motifs is 1. The zero-order valence-electron chi connectivity index (χ0n) is 13.8. The average molecular weight is 340 g/mol. The molecule has 8 heteroatoms. The summed E-state index contributed by atoms with van der Waals surface area (Å²) in [5, 5.41) is 5.17. The Morgan fingerprint density at radius 1 is 1.38 bits per heavy atom. The highest BCUT2D eigenvalue weighted by molar-refractivity contribution is 5.85. The highest BCUT2D eigenvalue weighted by Gasteiger charge is 2.25. The quantitative estimate of drug-likeness (QED) is 0.852. The molecular weight excluding hydrogens is 319 g/mol. The summed E-state index contributed by atoms with van der Waals surface area (Å²) in [7, 11) is 1.23. The fourth-order valence-corrected chi connectivity index (χ4v) is 2.40. The van der Waals surface area contributed by atoms with E-state index in [0.29, 0.717) is 16.9 Å². The molecule has 0 aliphatic carbocycles. The largest absolute Gasteiger partial charge is 0.467 e. The van der Waals surface area contributed by atoms with Gasteiger partial charge in [0.25, 0.3) is 0 Å². The first-order valence-electron chi connectivity index (χ1n) is 7.56. The molecule has 0 spiro atoms. The number of nitrogens with one attached hydrogen (secondary N) is 2. The molecule has 1 aromatic rings. The maximum atomic E-state index is 13.7. The molecule has 2 amide bonds. The summed E-state index contributed by atoms with van der Waals surface area (Å²) in [5.74, 6) is -0.444. The van der Waals surface area contributed by atoms with Crippen LogP contribution in [0.15, 0.2) is 12.1 Å². The molecule has 132 valence electrons. The van der Waals surface area contributed by atoms with Crippen molar-refractivity contribution in [3.8, 4) is 5.75 Å². The van der Waals surface area contributed by atoms with Gasteiger partial charge in [-0.2, -0.15) is 0 Å². The maximum Gasteiger partial charge on any atom is 0.407 e. The van der Waals surface area contributed by atoms with Gasteiger partial charge in [0, 0.05) is 17.7 Å². The second-order valence-electron chi connectivity index (χ2n) is 5.74. The third-order valence-corrected chi connectivity index (χ3v) is 3.61. The van der Waals surface area contributed by atoms with Gasteiger partial charge in [0.2, 0.25) is 5.91 Å². The van der Waals surface area contributed by atoms with Crippen molar-refractivity contribution in [2.24, 2.45) is 5.92 Å². The molecule has 0 saturated carbocycles. The first kappa shape index (κ1) is 18.0. The molecule has 0 bridgehead atoms. The fourth-order valence-electron chi connectivity index (χ4n) is 2.40. The number of carbonyl (C=O) groups excluding carboxylic acids is 2. The number of alkyl carbamates (subject to hydrolysis) is 1. The number of hydrogen-bond acceptors (Lipinski definition) is 5. The Bertz CT molecular complexity index is 621. The molecule has 2 rings (SSSR count). The van der Waals surface area contributed by atoms with Crippen LogP contribution in [-0.4, -0.2) is 31.9 Å². The minimum Gasteiger partial charge on any atom is -0.467 e. The van der Waals surface area contributed by atoms with Crippen molar-refractivity contribution < 1.29 is 28.2 Å². The Morgan fingerprint density at radius 2 is 2.12 bits per heavy atom. The maximum absolute atomic E-state index is 13.7. The Kier molecular flexibility index (Phi) is 5.97. The van der Waals surface area contributed by atoms with Crippen LogP contribution in [-0.2, 0) is 27.4 Å². The number of methoxy groups -OCH3 is 1. The van der Waals surface area contributed by atoms with Gasteiger partial charge < -0.3 is 24.8 Å². The van der Waals surface area contributed by atoms with Crippen LogP contribution in [0.5, 0.6) is 5.75 Å². The zero-order chi connectivity index (χ0) is 17.7. The SMILES string of the molecule is COC(=O)N[C@H](C(=O)NCc1cc(F)cc2c1OCOC2)C(C)C. The molecule has 1 aromatic carbocycles. The molecule has 24 heavy (non-hydrogen) atoms. The van der Waals surface area contributed by atoms with Crippen molar-refractivity contribution >= 4 is 12.0 Å². The van der Waals surface area contributed by atoms with Crippen molar-refractivity contribution in [1.29, 1.82) is 0 Å². The minimum atomic E-state index is -0.758. The lowest BCUT2D eigenvalue weighted by molar-refractivity contribution is -0.124. The molecule has 0 saturated heterocycles. The number of hydrogen-bond donors (Lipinski definition) is 2. The summed E-state index contributed by atoms with van der Waals surface area (Å²) in [6.45, 7) is 4.00. The lowest BCUT2D eigenvalue weighted by Crippen LogP contribution is -2.49. The van der Waals surface area contributed by atoms with E-state index in [-0.39, 0.29) is 31.8 Å². The van der Waals surface area contributed by atoms with Gasteiger partial charge in [0.05, 0.1) is 13.7 Å². The summed E-state index contributed by atoms with van der Waals surface area (Å²) in [4.78, 5) is 23.7. The van der Waals surface area contributed by atoms with E-state index in [1.807, 2.05) is 0 Å². The van der Waals surface area contributed by atoms with E-state index < -0.39 is 18.0 Å². The number of rotatable bonds is 5. The topological polar surface area (TPSA) is 85.9 Å². The lowest BCUT2D eigenvalue weighted by Gasteiger charge is -2.23. The number of halogens is 1. The van der Waals surface area contributed by atoms with Crippen molar-refractivity contribution in [3.05, 3.63) is 29.1 Å². The van der Waals surface area contributed by atoms with E-state index in [4.69, 9.17) is 9.47 Å². The Hall–Kier alpha value is -2.35. The third kappa shape index (κ3) is 4.35. The van der Waals surface area contributed by atoms with Crippen molar-refractivity contribution in [1.82, 2.24) is 10.6 Å². The zero-order valence-corrected chi connectivity index (χ0v) is 13.8. The molecule has 1 aliphatic heterocycles. The molecule has 1 aliphatic rings. The summed E-state index contributed by atoms with van der Waals surface area (Å²) in [6.07, 6.45) is -0.688. The van der Waals surface area contributed by atoms with Crippen LogP contribution in [0.1, 0.15) is 25.0 Å². The Morgan fingerprint density at radius 3 is 2.79 bits per heavy atom. The van der Waals surface area contributed by atoms with Crippen LogP contribution >= 0.6 is 0 Å². The predicted octanol–water partition coefficient (Wildman–Crippen LogP) is 1.69. The molecule has 0 fully saturated rings. The van der Waals surface area contributed by atoms with Gasteiger partial charge in [-0.1, -0.05) is 13.8 Å². The van der Waals surface area contributed by atoms with Crippen LogP contribution in [0.25, 0.3) is 0 Å². The van der Waals surface area contributed by atoms with Gasteiger partial charge in [-0.05, 0) is 18.1 Å². The van der Waals surface area contributed by atoms with Gasteiger partial charge in [-0.15, -0.1) is 0 Å². The number of carbonyl (C=O) groups is 2. The van der Waals surface area contributed by atoms with E-state index in [0.717, 1.165) is 0 Å². The van der Waals surface area contributed by atoms with Gasteiger partial charge in [0.15, 0.2) is 6.79 Å². The third-order valence-electron chi connectivity index (χ3n) is 3.61. The summed E-state index contributed by atoms with van der Waals surface area (Å²) in [6, 6.07) is 1.89. The van der Waals surface area contributed by atoms with E-state index in [9.17, 15) is 14.0 Å². The summed E-state index contributed by atoms with van der Waals surface area (Å²) in [5.41, 5.74) is 1.11. The molecule has 2 N–H and O–H groups in total. The standard InChI is InChI=1S/C16H21FN2O5/c1-9(2)13(19-16(21)22-3)15(20)18-6-10-4-12(17)5-11-7-23-8-24-14(10)11/h4-5,9,13H,6-8H2,1-3H3,(H,18,20)(H,19,21)/t13-/m0/s1. The van der Waals surface area contributed by atoms with Gasteiger partial charge in [0.1, 0.15) is 17.6 Å². The average Bonchev–Trinajstić information content (AvgIpc) is 2.56. The molecule has 1 atom stereocenters. The highest BCUT2D eigenvalue weighted by Crippen LogP contribution is 2.29. The van der Waals surface area contributed by atoms with E-state index >= 15 is 0 Å². The fraction of sp³-hybridized carbons (Fsp3) is 0.500. The lowest BCUT2D eigenvalue weighted by atomic mass is 10.0. The Balaban J connectivity index is 2.07. The molecule has 0 aromatic heterocycles. The number of benzene rings is 1. The van der Waals surface area contributed by atoms with Crippen LogP contribution < -0.4 is 15.4 Å². The molecule has 1 heterocycles. The first-order chi connectivity index (χ1) is 11.4. The molecule has 7 nitrogen and oxygen atoms in total. The van der Waals surface area contributed by atoms with Gasteiger partial charge >= 0.3 is 6.09 Å². The molecule has 0 radical (unpaired) electrons. The minimum absolute atomic E-state index is 0.0744. The molecular formula is C16H21FN2O5. The van der Waals surface area contributed by atoms with Gasteiger partial charge in [-0.3, -0.25) is 4.79 Å². The Labute approximate surface area is 139 Å². The van der Waals surface area contributed by atoms with Crippen molar-refractivity contribution in [2.45, 2.75) is 33.0 Å². The first-order valence-corrected chi connectivity index (χ1v) is 7.56. The summed E-state index contributed by atoms with van der Waals surface area (Å²) < 4.78 is 28.7. The highest BCUT2D eigenvalue weighted by atomic mass is 19.1. The number of amides is 2. The van der Waals surface area contributed by atoms with E-state index in [1.54, 1.807) is 13.8 Å². The van der Waals surface area contributed by atoms with E-state index in [1.165, 1.54) is 19.2 Å². The van der Waals surface area contributed by atoms with E-state index in [2.05, 4.69) is 15.4 Å². The van der Waals surface area contributed by atoms with Gasteiger partial charge in [-0.25, -0.2) is 9.18 Å². The summed E-state index contributed by atoms with van der Waals surface area (Å²) >= 11 is 0. The van der Waals surface area contributed by atoms with Crippen LogP contribution in [0.2, 0.25) is 0 Å². The van der Waals surface area contributed by atoms with Crippen LogP contribution in [0.4, 0.5) is 9.18 Å². The monoisotopic (exact) mass is 340 g/mol. The van der Waals surface area contributed by atoms with Crippen molar-refractivity contribution in [2.75, 3.05) is 13.9 Å². The smallest absolute Gasteiger partial charge is 0.407 e. The van der Waals surface area contributed by atoms with Crippen molar-refractivity contribution in [3.63, 3.8) is 0 Å².